The van der Waals surface area contributed by atoms with Crippen molar-refractivity contribution in [3.8, 4) is 5.19 Å². The van der Waals surface area contributed by atoms with Crippen LogP contribution in [0.4, 0.5) is 27.9 Å². The van der Waals surface area contributed by atoms with Gasteiger partial charge in [0.1, 0.15) is 20.7 Å². The number of thiazole rings is 2. The van der Waals surface area contributed by atoms with E-state index in [0.717, 1.165) is 104 Å². The van der Waals surface area contributed by atoms with Crippen LogP contribution < -0.4 is 32.2 Å². The second-order valence-corrected chi connectivity index (χ2v) is 16.1. The summed E-state index contributed by atoms with van der Waals surface area (Å²) in [6.45, 7) is 11.2. The van der Waals surface area contributed by atoms with Gasteiger partial charge in [-0.1, -0.05) is 72.9 Å². The summed E-state index contributed by atoms with van der Waals surface area (Å²) in [6.07, 6.45) is 6.68. The number of anilines is 5. The fraction of sp³-hybridized carbons (Fsp3) is 0.381. The molecule has 0 saturated carbocycles. The van der Waals surface area contributed by atoms with Crippen LogP contribution in [0.5, 0.6) is 5.19 Å². The topological polar surface area (TPSA) is 199 Å². The fourth-order valence-corrected chi connectivity index (χ4v) is 8.17. The maximum absolute atomic E-state index is 12.1. The number of nitrogens with one attached hydrogen (secondary N) is 3. The van der Waals surface area contributed by atoms with E-state index in [1.54, 1.807) is 0 Å². The number of benzene rings is 2. The minimum Gasteiger partial charge on any atom is -0.470 e. The second-order valence-electron chi connectivity index (χ2n) is 14.1. The highest BCUT2D eigenvalue weighted by Gasteiger charge is 2.20. The number of carbonyl (C=O) groups excluding carboxylic acids is 2. The molecule has 0 radical (unpaired) electrons. The number of carbonyl (C=O) groups is 2. The van der Waals surface area contributed by atoms with Gasteiger partial charge in [-0.2, -0.15) is 4.98 Å². The molecule has 7 N–H and O–H groups in total. The van der Waals surface area contributed by atoms with Crippen LogP contribution in [0, 0.1) is 0 Å². The summed E-state index contributed by atoms with van der Waals surface area (Å²) in [5.74, 6) is -1.08. The van der Waals surface area contributed by atoms with Gasteiger partial charge in [-0.3, -0.25) is 14.5 Å². The standard InChI is InChI=1S/C22H28N6O2S.C20H25N5O2S/c1-2-15-6-3-4-7-17(15)26-18-16(20(23)29)14-25-21-19(18)27-22(31-21)24-8-5-9-28-10-12-30-13-11-28;1-4-13-8-5-6-9-15(13)23-16-14(18(21)26)12-22-19-17(16)24-20(28-19)27-11-7-10-25(2)3/h3-4,6-7,14H,2,5,8-13H2,1H3,(H2,23,29)(H,24,27)(H,25,26);5-6,8-9,12H,4,7,10-11H2,1-3H3,(H2,21,26)(H,22,23). The summed E-state index contributed by atoms with van der Waals surface area (Å²) in [7, 11) is 4.05. The minimum atomic E-state index is -0.549. The van der Waals surface area contributed by atoms with Crippen LogP contribution in [-0.4, -0.2) is 108 Å². The molecule has 1 fully saturated rings. The molecular weight excluding hydrogens is 787 g/mol. The van der Waals surface area contributed by atoms with E-state index < -0.39 is 11.8 Å². The van der Waals surface area contributed by atoms with E-state index in [2.05, 4.69) is 60.6 Å². The number of para-hydroxylation sites is 2. The summed E-state index contributed by atoms with van der Waals surface area (Å²) in [6, 6.07) is 16.0. The first-order valence-corrected chi connectivity index (χ1v) is 21.5. The van der Waals surface area contributed by atoms with Gasteiger partial charge in [-0.15, -0.1) is 0 Å². The molecule has 59 heavy (non-hydrogen) atoms. The lowest BCUT2D eigenvalue weighted by molar-refractivity contribution is 0.0378. The predicted octanol–water partition coefficient (Wildman–Crippen LogP) is 6.66. The van der Waals surface area contributed by atoms with Gasteiger partial charge < -0.3 is 41.8 Å². The van der Waals surface area contributed by atoms with Crippen molar-refractivity contribution in [2.24, 2.45) is 11.5 Å². The van der Waals surface area contributed by atoms with Crippen molar-refractivity contribution in [1.82, 2.24) is 29.7 Å². The predicted molar refractivity (Wildman–Crippen MR) is 239 cm³/mol. The van der Waals surface area contributed by atoms with E-state index >= 15 is 0 Å². The van der Waals surface area contributed by atoms with E-state index in [0.29, 0.717) is 50.2 Å². The Morgan fingerprint density at radius 1 is 0.814 bits per heavy atom. The van der Waals surface area contributed by atoms with Gasteiger partial charge >= 0.3 is 0 Å². The summed E-state index contributed by atoms with van der Waals surface area (Å²) >= 11 is 2.84. The lowest BCUT2D eigenvalue weighted by atomic mass is 10.1. The fourth-order valence-electron chi connectivity index (χ4n) is 6.53. The van der Waals surface area contributed by atoms with Gasteiger partial charge in [0.05, 0.1) is 42.3 Å². The number of aryl methyl sites for hydroxylation is 2. The van der Waals surface area contributed by atoms with Crippen molar-refractivity contribution in [3.05, 3.63) is 83.2 Å². The second kappa shape index (κ2) is 21.0. The minimum absolute atomic E-state index is 0.308. The number of hydrogen-bond donors (Lipinski definition) is 5. The zero-order chi connectivity index (χ0) is 41.7. The van der Waals surface area contributed by atoms with E-state index in [9.17, 15) is 9.59 Å². The van der Waals surface area contributed by atoms with Gasteiger partial charge in [0.25, 0.3) is 17.0 Å². The molecule has 0 unspecified atom stereocenters. The largest absolute Gasteiger partial charge is 0.470 e. The van der Waals surface area contributed by atoms with Crippen molar-refractivity contribution in [2.45, 2.75) is 39.5 Å². The quantitative estimate of drug-likeness (QED) is 0.0577. The molecule has 7 rings (SSSR count). The highest BCUT2D eigenvalue weighted by atomic mass is 32.1. The molecule has 2 amide bonds. The number of hydrogen-bond acceptors (Lipinski definition) is 15. The molecule has 0 atom stereocenters. The zero-order valence-corrected chi connectivity index (χ0v) is 35.7. The Balaban J connectivity index is 0.000000199. The molecule has 2 aromatic carbocycles. The summed E-state index contributed by atoms with van der Waals surface area (Å²) in [5, 5.41) is 11.5. The number of amides is 2. The van der Waals surface area contributed by atoms with Gasteiger partial charge in [0.15, 0.2) is 5.13 Å². The number of nitrogens with zero attached hydrogens (tertiary/aromatic N) is 6. The molecule has 15 nitrogen and oxygen atoms in total. The Kier molecular flexibility index (Phi) is 15.3. The van der Waals surface area contributed by atoms with Gasteiger partial charge in [0.2, 0.25) is 0 Å². The average Bonchev–Trinajstić information content (AvgIpc) is 3.86. The maximum atomic E-state index is 12.1. The van der Waals surface area contributed by atoms with Crippen molar-refractivity contribution in [2.75, 3.05) is 82.6 Å². The van der Waals surface area contributed by atoms with Gasteiger partial charge in [0, 0.05) is 49.9 Å². The van der Waals surface area contributed by atoms with Crippen LogP contribution in [0.25, 0.3) is 20.7 Å². The smallest absolute Gasteiger partial charge is 0.275 e. The average molecular weight is 840 g/mol. The summed E-state index contributed by atoms with van der Waals surface area (Å²) in [5.41, 5.74) is 18.4. The summed E-state index contributed by atoms with van der Waals surface area (Å²) in [4.78, 5) is 48.1. The first-order chi connectivity index (χ1) is 28.6. The monoisotopic (exact) mass is 839 g/mol. The number of nitrogens with two attached hydrogens (primary N) is 2. The molecule has 1 aliphatic heterocycles. The molecule has 312 valence electrons. The van der Waals surface area contributed by atoms with Crippen LogP contribution in [0.3, 0.4) is 0 Å². The molecule has 5 heterocycles. The highest BCUT2D eigenvalue weighted by molar-refractivity contribution is 7.21. The van der Waals surface area contributed by atoms with Crippen LogP contribution in [-0.2, 0) is 17.6 Å². The van der Waals surface area contributed by atoms with Crippen molar-refractivity contribution in [3.63, 3.8) is 0 Å². The van der Waals surface area contributed by atoms with Gasteiger partial charge in [-0.25, -0.2) is 15.0 Å². The van der Waals surface area contributed by atoms with E-state index in [4.69, 9.17) is 25.9 Å². The molecule has 17 heteroatoms. The third kappa shape index (κ3) is 11.4. The normalized spacial score (nSPS) is 13.0. The Morgan fingerprint density at radius 3 is 1.93 bits per heavy atom. The van der Waals surface area contributed by atoms with Crippen molar-refractivity contribution < 1.29 is 19.1 Å². The van der Waals surface area contributed by atoms with Gasteiger partial charge in [-0.05, 0) is 69.6 Å². The molecule has 0 aliphatic carbocycles. The molecular formula is C42H53N11O4S2. The van der Waals surface area contributed by atoms with Crippen LogP contribution in [0.1, 0.15) is 58.5 Å². The lowest BCUT2D eigenvalue weighted by Crippen LogP contribution is -2.37. The van der Waals surface area contributed by atoms with Crippen LogP contribution in [0.2, 0.25) is 0 Å². The SMILES string of the molecule is CCc1ccccc1Nc1c(C(N)=O)cnc2sc(NCCCN3CCOCC3)nc12.CCc1ccccc1Nc1c(C(N)=O)cnc2sc(OCCCN(C)C)nc12. The Labute approximate surface area is 352 Å². The molecule has 1 aliphatic rings. The lowest BCUT2D eigenvalue weighted by Gasteiger charge is -2.26. The van der Waals surface area contributed by atoms with Crippen LogP contribution >= 0.6 is 22.7 Å². The number of fused-ring (bicyclic) bond motifs is 2. The highest BCUT2D eigenvalue weighted by Crippen LogP contribution is 2.36. The van der Waals surface area contributed by atoms with Crippen LogP contribution in [0.15, 0.2) is 60.9 Å². The van der Waals surface area contributed by atoms with E-state index in [1.807, 2.05) is 56.6 Å². The Bertz CT molecular complexity index is 2340. The molecule has 6 aromatic rings. The number of pyridine rings is 2. The number of morpholine rings is 1. The third-order valence-corrected chi connectivity index (χ3v) is 11.5. The molecule has 0 spiro atoms. The zero-order valence-electron chi connectivity index (χ0n) is 34.0. The molecule has 4 aromatic heterocycles. The summed E-state index contributed by atoms with van der Waals surface area (Å²) < 4.78 is 11.2. The van der Waals surface area contributed by atoms with E-state index in [1.165, 1.54) is 35.1 Å². The number of rotatable bonds is 18. The van der Waals surface area contributed by atoms with Crippen molar-refractivity contribution in [1.29, 1.82) is 0 Å². The Morgan fingerprint density at radius 2 is 1.37 bits per heavy atom. The first kappa shape index (κ1) is 43.1. The third-order valence-electron chi connectivity index (χ3n) is 9.69. The number of aromatic nitrogens is 4. The molecule has 1 saturated heterocycles. The number of ether oxygens (including phenoxy) is 2. The first-order valence-electron chi connectivity index (χ1n) is 19.8. The Hall–Kier alpha value is -5.46. The van der Waals surface area contributed by atoms with E-state index in [-0.39, 0.29) is 0 Å². The van der Waals surface area contributed by atoms with Crippen molar-refractivity contribution >= 4 is 83.1 Å². The number of primary amides is 2. The maximum Gasteiger partial charge on any atom is 0.275 e. The molecule has 0 bridgehead atoms.